The molecule has 1 heterocycles. The van der Waals surface area contributed by atoms with Crippen LogP contribution in [-0.4, -0.2) is 23.4 Å². The maximum Gasteiger partial charge on any atom is 0.246 e. The van der Waals surface area contributed by atoms with E-state index in [1.165, 1.54) is 12.1 Å². The molecule has 0 bridgehead atoms. The van der Waals surface area contributed by atoms with E-state index in [2.05, 4.69) is 10.1 Å². The summed E-state index contributed by atoms with van der Waals surface area (Å²) in [6.07, 6.45) is -0.245. The highest BCUT2D eigenvalue weighted by Gasteiger charge is 2.21. The zero-order valence-electron chi connectivity index (χ0n) is 10.1. The second-order valence-corrected chi connectivity index (χ2v) is 3.93. The number of hydrogen-bond acceptors (Lipinski definition) is 5. The van der Waals surface area contributed by atoms with Crippen molar-refractivity contribution in [3.05, 3.63) is 36.0 Å². The molecule has 0 unspecified atom stereocenters. The van der Waals surface area contributed by atoms with Crippen LogP contribution in [0.5, 0.6) is 0 Å². The second kappa shape index (κ2) is 5.24. The first kappa shape index (κ1) is 12.7. The topological polar surface area (TPSA) is 74.2 Å². The van der Waals surface area contributed by atoms with Crippen LogP contribution in [0.2, 0.25) is 0 Å². The van der Waals surface area contributed by atoms with Crippen LogP contribution in [0.1, 0.15) is 18.9 Å². The summed E-state index contributed by atoms with van der Waals surface area (Å²) in [4.78, 5) is 4.14. The number of nitrogens with two attached hydrogens (primary N) is 1. The van der Waals surface area contributed by atoms with Gasteiger partial charge in [-0.15, -0.1) is 0 Å². The number of nitrogens with zero attached hydrogens (tertiary/aromatic N) is 2. The minimum atomic E-state index is -0.509. The van der Waals surface area contributed by atoms with Gasteiger partial charge in [0.1, 0.15) is 11.9 Å². The third kappa shape index (κ3) is 2.55. The Kier molecular flexibility index (Phi) is 3.69. The summed E-state index contributed by atoms with van der Waals surface area (Å²) in [7, 11) is 1.55. The number of aromatic nitrogens is 2. The van der Waals surface area contributed by atoms with Crippen LogP contribution < -0.4 is 5.73 Å². The highest BCUT2D eigenvalue weighted by molar-refractivity contribution is 5.53. The van der Waals surface area contributed by atoms with Gasteiger partial charge in [0.15, 0.2) is 0 Å². The molecule has 0 aliphatic heterocycles. The molecule has 6 heteroatoms. The molecule has 2 N–H and O–H groups in total. The molecule has 0 spiro atoms. The number of halogens is 1. The van der Waals surface area contributed by atoms with Crippen molar-refractivity contribution < 1.29 is 13.7 Å². The molecular formula is C12H14FN3O2. The van der Waals surface area contributed by atoms with Crippen LogP contribution in [0, 0.1) is 5.82 Å². The van der Waals surface area contributed by atoms with Crippen molar-refractivity contribution in [1.82, 2.24) is 10.1 Å². The zero-order valence-corrected chi connectivity index (χ0v) is 10.1. The molecule has 0 amide bonds. The fourth-order valence-electron chi connectivity index (χ4n) is 1.46. The predicted octanol–water partition coefficient (Wildman–Crippen LogP) is 1.91. The fraction of sp³-hybridized carbons (Fsp3) is 0.333. The molecule has 0 aliphatic rings. The van der Waals surface area contributed by atoms with Crippen LogP contribution in [0.25, 0.3) is 11.4 Å². The summed E-state index contributed by atoms with van der Waals surface area (Å²) in [6.45, 7) is 1.80. The molecule has 0 saturated carbocycles. The Labute approximate surface area is 104 Å². The fourth-order valence-corrected chi connectivity index (χ4v) is 1.46. The van der Waals surface area contributed by atoms with Crippen molar-refractivity contribution in [1.29, 1.82) is 0 Å². The SMILES string of the molecule is CO[C@H](C)[C@H](N)c1nc(-c2cccc(F)c2)no1. The molecule has 2 atom stereocenters. The van der Waals surface area contributed by atoms with Gasteiger partial charge in [-0.05, 0) is 19.1 Å². The first-order valence-corrected chi connectivity index (χ1v) is 5.49. The molecule has 1 aromatic heterocycles. The first-order chi connectivity index (χ1) is 8.61. The van der Waals surface area contributed by atoms with Gasteiger partial charge in [-0.1, -0.05) is 17.3 Å². The van der Waals surface area contributed by atoms with E-state index in [-0.39, 0.29) is 17.8 Å². The first-order valence-electron chi connectivity index (χ1n) is 5.49. The van der Waals surface area contributed by atoms with Crippen LogP contribution in [-0.2, 0) is 4.74 Å². The summed E-state index contributed by atoms with van der Waals surface area (Å²) in [5, 5.41) is 3.78. The average molecular weight is 251 g/mol. The standard InChI is InChI=1S/C12H14FN3O2/c1-7(17-2)10(14)12-15-11(16-18-12)8-4-3-5-9(13)6-8/h3-7,10H,14H2,1-2H3/t7-,10+/m1/s1. The van der Waals surface area contributed by atoms with Gasteiger partial charge >= 0.3 is 0 Å². The van der Waals surface area contributed by atoms with E-state index in [1.54, 1.807) is 26.2 Å². The number of rotatable bonds is 4. The van der Waals surface area contributed by atoms with E-state index in [1.807, 2.05) is 0 Å². The molecule has 0 fully saturated rings. The number of benzene rings is 1. The molecule has 0 aliphatic carbocycles. The average Bonchev–Trinajstić information content (AvgIpc) is 2.86. The number of hydrogen-bond donors (Lipinski definition) is 1. The monoisotopic (exact) mass is 251 g/mol. The summed E-state index contributed by atoms with van der Waals surface area (Å²) in [5.41, 5.74) is 6.42. The van der Waals surface area contributed by atoms with Crippen molar-refractivity contribution in [2.75, 3.05) is 7.11 Å². The van der Waals surface area contributed by atoms with Crippen LogP contribution >= 0.6 is 0 Å². The van der Waals surface area contributed by atoms with Gasteiger partial charge in [-0.2, -0.15) is 4.98 Å². The summed E-state index contributed by atoms with van der Waals surface area (Å²) in [6, 6.07) is 5.45. The van der Waals surface area contributed by atoms with Gasteiger partial charge in [0.25, 0.3) is 0 Å². The Balaban J connectivity index is 2.25. The van der Waals surface area contributed by atoms with Crippen LogP contribution in [0.15, 0.2) is 28.8 Å². The molecule has 0 radical (unpaired) electrons. The molecule has 96 valence electrons. The van der Waals surface area contributed by atoms with E-state index in [0.717, 1.165) is 0 Å². The van der Waals surface area contributed by atoms with E-state index >= 15 is 0 Å². The van der Waals surface area contributed by atoms with Gasteiger partial charge in [-0.3, -0.25) is 0 Å². The van der Waals surface area contributed by atoms with Crippen LogP contribution in [0.3, 0.4) is 0 Å². The third-order valence-electron chi connectivity index (χ3n) is 2.69. The molecule has 5 nitrogen and oxygen atoms in total. The molecular weight excluding hydrogens is 237 g/mol. The minimum Gasteiger partial charge on any atom is -0.380 e. The van der Waals surface area contributed by atoms with E-state index in [0.29, 0.717) is 11.4 Å². The lowest BCUT2D eigenvalue weighted by Gasteiger charge is -2.13. The lowest BCUT2D eigenvalue weighted by molar-refractivity contribution is 0.0848. The van der Waals surface area contributed by atoms with E-state index in [9.17, 15) is 4.39 Å². The van der Waals surface area contributed by atoms with Crippen molar-refractivity contribution in [2.45, 2.75) is 19.1 Å². The van der Waals surface area contributed by atoms with E-state index < -0.39 is 6.04 Å². The Morgan fingerprint density at radius 2 is 2.22 bits per heavy atom. The van der Waals surface area contributed by atoms with Gasteiger partial charge in [-0.25, -0.2) is 4.39 Å². The smallest absolute Gasteiger partial charge is 0.246 e. The third-order valence-corrected chi connectivity index (χ3v) is 2.69. The highest BCUT2D eigenvalue weighted by Crippen LogP contribution is 2.20. The molecule has 18 heavy (non-hydrogen) atoms. The largest absolute Gasteiger partial charge is 0.380 e. The predicted molar refractivity (Wildman–Crippen MR) is 63.1 cm³/mol. The number of methoxy groups -OCH3 is 1. The van der Waals surface area contributed by atoms with E-state index in [4.69, 9.17) is 15.0 Å². The lowest BCUT2D eigenvalue weighted by atomic mass is 10.2. The summed E-state index contributed by atoms with van der Waals surface area (Å²) >= 11 is 0. The maximum absolute atomic E-state index is 13.1. The normalized spacial score (nSPS) is 14.4. The van der Waals surface area contributed by atoms with Crippen molar-refractivity contribution >= 4 is 0 Å². The Morgan fingerprint density at radius 1 is 1.44 bits per heavy atom. The second-order valence-electron chi connectivity index (χ2n) is 3.93. The zero-order chi connectivity index (χ0) is 13.1. The van der Waals surface area contributed by atoms with Crippen molar-refractivity contribution in [2.24, 2.45) is 5.73 Å². The highest BCUT2D eigenvalue weighted by atomic mass is 19.1. The number of ether oxygens (including phenoxy) is 1. The van der Waals surface area contributed by atoms with Crippen molar-refractivity contribution in [3.8, 4) is 11.4 Å². The molecule has 2 rings (SSSR count). The van der Waals surface area contributed by atoms with Gasteiger partial charge in [0, 0.05) is 12.7 Å². The van der Waals surface area contributed by atoms with Crippen molar-refractivity contribution in [3.63, 3.8) is 0 Å². The Bertz CT molecular complexity index is 530. The Morgan fingerprint density at radius 3 is 2.89 bits per heavy atom. The lowest BCUT2D eigenvalue weighted by Crippen LogP contribution is -2.25. The molecule has 2 aromatic rings. The quantitative estimate of drug-likeness (QED) is 0.898. The van der Waals surface area contributed by atoms with Gasteiger partial charge < -0.3 is 15.0 Å². The summed E-state index contributed by atoms with van der Waals surface area (Å²) in [5.74, 6) is 0.222. The summed E-state index contributed by atoms with van der Waals surface area (Å²) < 4.78 is 23.2. The van der Waals surface area contributed by atoms with Crippen LogP contribution in [0.4, 0.5) is 4.39 Å². The molecule has 0 saturated heterocycles. The van der Waals surface area contributed by atoms with Gasteiger partial charge in [0.05, 0.1) is 6.10 Å². The minimum absolute atomic E-state index is 0.245. The molecule has 1 aromatic carbocycles. The maximum atomic E-state index is 13.1. The Hall–Kier alpha value is -1.79. The van der Waals surface area contributed by atoms with Gasteiger partial charge in [0.2, 0.25) is 11.7 Å².